The predicted octanol–water partition coefficient (Wildman–Crippen LogP) is 4.16. The fourth-order valence-corrected chi connectivity index (χ4v) is 4.91. The number of rotatable bonds is 5. The van der Waals surface area contributed by atoms with Crippen molar-refractivity contribution in [1.82, 2.24) is 14.6 Å². The van der Waals surface area contributed by atoms with Crippen LogP contribution in [0.1, 0.15) is 46.4 Å². The maximum atomic E-state index is 13.5. The van der Waals surface area contributed by atoms with Crippen LogP contribution in [0.4, 0.5) is 4.39 Å². The molecular formula is C24H22FN3O5. The molecule has 2 aromatic carbocycles. The number of carbonyl (C=O) groups is 2. The summed E-state index contributed by atoms with van der Waals surface area (Å²) in [6.45, 7) is 1.08. The molecule has 0 radical (unpaired) electrons. The second-order valence-corrected chi connectivity index (χ2v) is 8.49. The molecule has 8 nitrogen and oxygen atoms in total. The van der Waals surface area contributed by atoms with E-state index in [0.717, 1.165) is 16.5 Å². The van der Waals surface area contributed by atoms with Gasteiger partial charge < -0.3 is 19.3 Å². The van der Waals surface area contributed by atoms with Crippen molar-refractivity contribution >= 4 is 33.8 Å². The number of piperidine rings is 1. The first-order valence-corrected chi connectivity index (χ1v) is 10.7. The molecule has 2 N–H and O–H groups in total. The number of fused-ring (bicyclic) bond motifs is 2. The summed E-state index contributed by atoms with van der Waals surface area (Å²) in [7, 11) is 1.78. The molecule has 3 heterocycles. The van der Waals surface area contributed by atoms with Crippen LogP contribution >= 0.6 is 0 Å². The highest BCUT2D eigenvalue weighted by Crippen LogP contribution is 2.37. The number of carboxylic acids is 2. The average molecular weight is 451 g/mol. The Morgan fingerprint density at radius 2 is 1.85 bits per heavy atom. The molecule has 0 spiro atoms. The Balaban J connectivity index is 1.41. The first kappa shape index (κ1) is 21.1. The summed E-state index contributed by atoms with van der Waals surface area (Å²) in [6, 6.07) is 8.26. The Hall–Kier alpha value is -3.72. The molecule has 0 saturated carbocycles. The SMILES string of the molecule is Cn1cc(C(C(=O)O)N2CCC(c3noc4cc(F)ccc34)CC2)c2ccc(C(=O)O)cc21. The quantitative estimate of drug-likeness (QED) is 0.469. The van der Waals surface area contributed by atoms with Crippen molar-refractivity contribution in [1.29, 1.82) is 0 Å². The minimum Gasteiger partial charge on any atom is -0.480 e. The lowest BCUT2D eigenvalue weighted by molar-refractivity contribution is -0.144. The van der Waals surface area contributed by atoms with E-state index >= 15 is 0 Å². The Labute approximate surface area is 187 Å². The van der Waals surface area contributed by atoms with E-state index in [2.05, 4.69) is 5.16 Å². The maximum absolute atomic E-state index is 13.5. The van der Waals surface area contributed by atoms with Crippen molar-refractivity contribution in [3.63, 3.8) is 0 Å². The molecule has 1 aliphatic heterocycles. The molecule has 0 bridgehead atoms. The first-order chi connectivity index (χ1) is 15.8. The Morgan fingerprint density at radius 1 is 1.12 bits per heavy atom. The standard InChI is InChI=1S/C24H22FN3O5/c1-27-12-18(16-4-2-14(23(29)30)10-19(16)27)22(24(31)32)28-8-6-13(7-9-28)21-17-5-3-15(25)11-20(17)33-26-21/h2-5,10-13,22H,6-9H2,1H3,(H,29,30)(H,31,32). The minimum atomic E-state index is -1.03. The van der Waals surface area contributed by atoms with E-state index in [4.69, 9.17) is 4.52 Å². The van der Waals surface area contributed by atoms with Crippen LogP contribution in [0.25, 0.3) is 21.9 Å². The average Bonchev–Trinajstić information content (AvgIpc) is 3.35. The molecule has 1 unspecified atom stereocenters. The van der Waals surface area contributed by atoms with Crippen molar-refractivity contribution in [3.05, 3.63) is 65.2 Å². The van der Waals surface area contributed by atoms with Crippen molar-refractivity contribution in [2.24, 2.45) is 7.05 Å². The zero-order valence-electron chi connectivity index (χ0n) is 17.9. The monoisotopic (exact) mass is 451 g/mol. The number of aliphatic carboxylic acids is 1. The van der Waals surface area contributed by atoms with E-state index in [1.165, 1.54) is 18.2 Å². The molecule has 1 aliphatic rings. The molecule has 4 aromatic rings. The summed E-state index contributed by atoms with van der Waals surface area (Å²) in [5.41, 5.74) is 2.66. The van der Waals surface area contributed by atoms with Crippen LogP contribution in [0.2, 0.25) is 0 Å². The highest BCUT2D eigenvalue weighted by molar-refractivity contribution is 5.96. The van der Waals surface area contributed by atoms with Gasteiger partial charge in [-0.05, 0) is 50.2 Å². The van der Waals surface area contributed by atoms with Crippen molar-refractivity contribution in [2.45, 2.75) is 24.8 Å². The Kier molecular flexibility index (Phi) is 5.13. The summed E-state index contributed by atoms with van der Waals surface area (Å²) in [5.74, 6) is -2.27. The normalized spacial score (nSPS) is 16.4. The van der Waals surface area contributed by atoms with E-state index in [0.29, 0.717) is 42.6 Å². The predicted molar refractivity (Wildman–Crippen MR) is 118 cm³/mol. The summed E-state index contributed by atoms with van der Waals surface area (Å²) in [5, 5.41) is 25.1. The zero-order chi connectivity index (χ0) is 23.3. The highest BCUT2D eigenvalue weighted by Gasteiger charge is 2.34. The van der Waals surface area contributed by atoms with Gasteiger partial charge in [-0.25, -0.2) is 9.18 Å². The van der Waals surface area contributed by atoms with Crippen molar-refractivity contribution in [2.75, 3.05) is 13.1 Å². The first-order valence-electron chi connectivity index (χ1n) is 10.7. The third-order valence-electron chi connectivity index (χ3n) is 6.54. The van der Waals surface area contributed by atoms with Gasteiger partial charge in [0.2, 0.25) is 0 Å². The number of halogens is 1. The van der Waals surface area contributed by atoms with Crippen molar-refractivity contribution in [3.8, 4) is 0 Å². The van der Waals surface area contributed by atoms with Gasteiger partial charge in [-0.15, -0.1) is 0 Å². The molecule has 0 aliphatic carbocycles. The Morgan fingerprint density at radius 3 is 2.55 bits per heavy atom. The molecular weight excluding hydrogens is 429 g/mol. The lowest BCUT2D eigenvalue weighted by Gasteiger charge is -2.35. The number of aromatic nitrogens is 2. The number of nitrogens with zero attached hydrogens (tertiary/aromatic N) is 3. The molecule has 1 atom stereocenters. The number of benzene rings is 2. The van der Waals surface area contributed by atoms with Crippen LogP contribution in [0.5, 0.6) is 0 Å². The summed E-state index contributed by atoms with van der Waals surface area (Å²) in [4.78, 5) is 25.6. The lowest BCUT2D eigenvalue weighted by Crippen LogP contribution is -2.39. The van der Waals surface area contributed by atoms with Gasteiger partial charge in [0.25, 0.3) is 0 Å². The van der Waals surface area contributed by atoms with Crippen LogP contribution in [0, 0.1) is 5.82 Å². The van der Waals surface area contributed by atoms with Crippen LogP contribution < -0.4 is 0 Å². The number of aromatic carboxylic acids is 1. The van der Waals surface area contributed by atoms with E-state index in [1.807, 2.05) is 4.90 Å². The third-order valence-corrected chi connectivity index (χ3v) is 6.54. The molecule has 170 valence electrons. The number of likely N-dealkylation sites (tertiary alicyclic amines) is 1. The minimum absolute atomic E-state index is 0.0908. The maximum Gasteiger partial charge on any atom is 0.335 e. The number of aryl methyl sites for hydroxylation is 1. The molecule has 2 aromatic heterocycles. The smallest absolute Gasteiger partial charge is 0.335 e. The number of hydrogen-bond donors (Lipinski definition) is 2. The van der Waals surface area contributed by atoms with Crippen LogP contribution in [0.3, 0.4) is 0 Å². The zero-order valence-corrected chi connectivity index (χ0v) is 17.9. The van der Waals surface area contributed by atoms with Gasteiger partial charge in [0.15, 0.2) is 5.58 Å². The van der Waals surface area contributed by atoms with Crippen LogP contribution in [-0.2, 0) is 11.8 Å². The number of carboxylic acid groups (broad SMARTS) is 2. The van der Waals surface area contributed by atoms with E-state index < -0.39 is 18.0 Å². The van der Waals surface area contributed by atoms with Gasteiger partial charge in [-0.2, -0.15) is 0 Å². The van der Waals surface area contributed by atoms with E-state index in [9.17, 15) is 24.2 Å². The summed E-state index contributed by atoms with van der Waals surface area (Å²) < 4.78 is 20.5. The molecule has 33 heavy (non-hydrogen) atoms. The van der Waals surface area contributed by atoms with Gasteiger partial charge in [0.1, 0.15) is 11.9 Å². The van der Waals surface area contributed by atoms with Crippen LogP contribution in [-0.4, -0.2) is 49.9 Å². The van der Waals surface area contributed by atoms with Crippen molar-refractivity contribution < 1.29 is 28.7 Å². The summed E-state index contributed by atoms with van der Waals surface area (Å²) in [6.07, 6.45) is 3.15. The highest BCUT2D eigenvalue weighted by atomic mass is 19.1. The van der Waals surface area contributed by atoms with E-state index in [-0.39, 0.29) is 17.3 Å². The molecule has 9 heteroatoms. The molecule has 0 amide bonds. The summed E-state index contributed by atoms with van der Waals surface area (Å²) >= 11 is 0. The molecule has 1 fully saturated rings. The second kappa shape index (κ2) is 8.00. The van der Waals surface area contributed by atoms with Gasteiger partial charge in [0.05, 0.1) is 11.3 Å². The van der Waals surface area contributed by atoms with Gasteiger partial charge in [0, 0.05) is 47.1 Å². The topological polar surface area (TPSA) is 109 Å². The van der Waals surface area contributed by atoms with Gasteiger partial charge in [-0.1, -0.05) is 11.2 Å². The van der Waals surface area contributed by atoms with Gasteiger partial charge in [-0.3, -0.25) is 9.69 Å². The Bertz CT molecular complexity index is 1380. The number of hydrogen-bond acceptors (Lipinski definition) is 5. The lowest BCUT2D eigenvalue weighted by atomic mass is 9.90. The largest absolute Gasteiger partial charge is 0.480 e. The van der Waals surface area contributed by atoms with E-state index in [1.54, 1.807) is 36.0 Å². The molecule has 5 rings (SSSR count). The fourth-order valence-electron chi connectivity index (χ4n) is 4.91. The second-order valence-electron chi connectivity index (χ2n) is 8.49. The molecule has 1 saturated heterocycles. The third kappa shape index (κ3) is 3.64. The van der Waals surface area contributed by atoms with Gasteiger partial charge >= 0.3 is 11.9 Å². The van der Waals surface area contributed by atoms with Crippen LogP contribution in [0.15, 0.2) is 47.1 Å². The fraction of sp³-hybridized carbons (Fsp3) is 0.292.